The third-order valence-corrected chi connectivity index (χ3v) is 2.11. The van der Waals surface area contributed by atoms with Gasteiger partial charge in [0.2, 0.25) is 0 Å². The van der Waals surface area contributed by atoms with Crippen LogP contribution in [0.2, 0.25) is 0 Å². The first-order valence-electron chi connectivity index (χ1n) is 4.66. The van der Waals surface area contributed by atoms with Crippen molar-refractivity contribution in [1.82, 2.24) is 0 Å². The van der Waals surface area contributed by atoms with Crippen molar-refractivity contribution in [2.75, 3.05) is 6.61 Å². The highest BCUT2D eigenvalue weighted by atomic mass is 16.5. The van der Waals surface area contributed by atoms with Crippen molar-refractivity contribution in [3.05, 3.63) is 0 Å². The van der Waals surface area contributed by atoms with Gasteiger partial charge in [-0.1, -0.05) is 6.92 Å². The molecule has 0 amide bonds. The minimum atomic E-state index is -1.62. The average molecular weight is 234 g/mol. The van der Waals surface area contributed by atoms with Crippen LogP contribution in [0.4, 0.5) is 0 Å². The van der Waals surface area contributed by atoms with Gasteiger partial charge in [0.1, 0.15) is 12.2 Å². The molecular formula is C9H14O7-2. The molecule has 1 unspecified atom stereocenters. The van der Waals surface area contributed by atoms with Crippen molar-refractivity contribution < 1.29 is 34.8 Å². The molecule has 0 aliphatic carbocycles. The van der Waals surface area contributed by atoms with E-state index < -0.39 is 30.1 Å². The highest BCUT2D eigenvalue weighted by molar-refractivity contribution is 5.90. The van der Waals surface area contributed by atoms with E-state index >= 15 is 0 Å². The first-order chi connectivity index (χ1) is 7.27. The van der Waals surface area contributed by atoms with Gasteiger partial charge in [-0.3, -0.25) is 0 Å². The summed E-state index contributed by atoms with van der Waals surface area (Å²) in [6.45, 7) is 2.99. The molecule has 7 heteroatoms. The molecule has 0 radical (unpaired) electrons. The van der Waals surface area contributed by atoms with Crippen LogP contribution in [0, 0.1) is 5.92 Å². The molecule has 1 aliphatic heterocycles. The van der Waals surface area contributed by atoms with Crippen LogP contribution in [0.1, 0.15) is 13.8 Å². The molecule has 0 aromatic rings. The minimum Gasteiger partial charge on any atom is -0.549 e. The van der Waals surface area contributed by atoms with Crippen LogP contribution in [-0.2, 0) is 14.3 Å². The molecule has 0 aromatic heterocycles. The Balaban J connectivity index is 0.000000281. The van der Waals surface area contributed by atoms with E-state index in [-0.39, 0.29) is 12.7 Å². The summed E-state index contributed by atoms with van der Waals surface area (Å²) >= 11 is 0. The second kappa shape index (κ2) is 6.41. The van der Waals surface area contributed by atoms with Crippen molar-refractivity contribution in [3.63, 3.8) is 0 Å². The van der Waals surface area contributed by atoms with Gasteiger partial charge >= 0.3 is 0 Å². The summed E-state index contributed by atoms with van der Waals surface area (Å²) in [7, 11) is 0. The first kappa shape index (κ1) is 14.8. The maximum atomic E-state index is 9.61. The van der Waals surface area contributed by atoms with Crippen LogP contribution in [-0.4, -0.2) is 47.1 Å². The summed E-state index contributed by atoms with van der Waals surface area (Å²) in [4.78, 5) is 19.2. The normalized spacial score (nSPS) is 28.4. The lowest BCUT2D eigenvalue weighted by Gasteiger charge is -2.11. The molecule has 16 heavy (non-hydrogen) atoms. The lowest BCUT2D eigenvalue weighted by Crippen LogP contribution is -2.41. The monoisotopic (exact) mass is 234 g/mol. The Bertz CT molecular complexity index is 228. The van der Waals surface area contributed by atoms with Crippen molar-refractivity contribution in [2.24, 2.45) is 5.92 Å². The summed E-state index contributed by atoms with van der Waals surface area (Å²) < 4.78 is 4.88. The Morgan fingerprint density at radius 2 is 1.75 bits per heavy atom. The zero-order valence-corrected chi connectivity index (χ0v) is 8.95. The molecular weight excluding hydrogens is 220 g/mol. The van der Waals surface area contributed by atoms with Crippen molar-refractivity contribution in [1.29, 1.82) is 0 Å². The molecule has 1 aliphatic rings. The van der Waals surface area contributed by atoms with Crippen molar-refractivity contribution in [2.45, 2.75) is 32.2 Å². The van der Waals surface area contributed by atoms with Gasteiger partial charge in [0, 0.05) is 17.9 Å². The number of hydrogen-bond acceptors (Lipinski definition) is 7. The molecule has 0 bridgehead atoms. The third-order valence-electron chi connectivity index (χ3n) is 2.11. The number of ether oxygens (including phenoxy) is 1. The zero-order valence-electron chi connectivity index (χ0n) is 8.95. The standard InChI is InChI=1S/C5H10O3.C4H6O4/c1-3-5(7)4(6)2-8-3;1-2(3(5)6)4(7)8/h3-7H,2H2,1H3;2H,1H3,(H,5,6)(H,7,8)/p-2/t3-,4-,5?;/m0./s1. The van der Waals surface area contributed by atoms with E-state index in [0.717, 1.165) is 6.92 Å². The van der Waals surface area contributed by atoms with E-state index in [2.05, 4.69) is 0 Å². The van der Waals surface area contributed by atoms with E-state index in [9.17, 15) is 19.8 Å². The van der Waals surface area contributed by atoms with Gasteiger partial charge < -0.3 is 34.8 Å². The average Bonchev–Trinajstić information content (AvgIpc) is 2.49. The number of aliphatic carboxylic acids is 2. The van der Waals surface area contributed by atoms with Gasteiger partial charge in [-0.15, -0.1) is 0 Å². The predicted octanol–water partition coefficient (Wildman–Crippen LogP) is -3.75. The van der Waals surface area contributed by atoms with Crippen molar-refractivity contribution in [3.8, 4) is 0 Å². The summed E-state index contributed by atoms with van der Waals surface area (Å²) in [6, 6.07) is 0. The van der Waals surface area contributed by atoms with E-state index in [1.54, 1.807) is 6.92 Å². The van der Waals surface area contributed by atoms with Gasteiger partial charge in [0.15, 0.2) is 0 Å². The molecule has 0 spiro atoms. The second-order valence-electron chi connectivity index (χ2n) is 3.46. The van der Waals surface area contributed by atoms with Gasteiger partial charge in [0.05, 0.1) is 12.7 Å². The van der Waals surface area contributed by atoms with Crippen LogP contribution in [0.25, 0.3) is 0 Å². The molecule has 3 atom stereocenters. The number of carbonyl (C=O) groups excluding carboxylic acids is 2. The maximum Gasteiger partial charge on any atom is 0.108 e. The fourth-order valence-corrected chi connectivity index (χ4v) is 0.857. The number of hydrogen-bond donors (Lipinski definition) is 2. The number of carboxylic acids is 2. The Hall–Kier alpha value is -1.18. The number of rotatable bonds is 2. The van der Waals surface area contributed by atoms with Gasteiger partial charge in [-0.05, 0) is 6.92 Å². The Morgan fingerprint density at radius 1 is 1.31 bits per heavy atom. The van der Waals surface area contributed by atoms with Crippen LogP contribution in [0.3, 0.4) is 0 Å². The van der Waals surface area contributed by atoms with E-state index in [4.69, 9.17) is 14.9 Å². The number of aliphatic hydroxyl groups is 2. The topological polar surface area (TPSA) is 130 Å². The molecule has 1 heterocycles. The number of aliphatic hydroxyl groups excluding tert-OH is 2. The highest BCUT2D eigenvalue weighted by Crippen LogP contribution is 2.12. The van der Waals surface area contributed by atoms with E-state index in [1.807, 2.05) is 0 Å². The van der Waals surface area contributed by atoms with E-state index in [1.165, 1.54) is 0 Å². The van der Waals surface area contributed by atoms with Crippen LogP contribution < -0.4 is 10.2 Å². The SMILES string of the molecule is CC(C(=O)[O-])C(=O)[O-].C[C@@H]1OC[C@H](O)C1O. The minimum absolute atomic E-state index is 0.204. The molecule has 1 rings (SSSR count). The third kappa shape index (κ3) is 4.56. The predicted molar refractivity (Wildman–Crippen MR) is 46.6 cm³/mol. The maximum absolute atomic E-state index is 9.61. The Morgan fingerprint density at radius 3 is 1.81 bits per heavy atom. The largest absolute Gasteiger partial charge is 0.549 e. The molecule has 94 valence electrons. The molecule has 0 aromatic carbocycles. The fourth-order valence-electron chi connectivity index (χ4n) is 0.857. The number of carbonyl (C=O) groups is 2. The highest BCUT2D eigenvalue weighted by Gasteiger charge is 2.30. The van der Waals surface area contributed by atoms with Crippen LogP contribution in [0.15, 0.2) is 0 Å². The molecule has 1 fully saturated rings. The molecule has 7 nitrogen and oxygen atoms in total. The quantitative estimate of drug-likeness (QED) is 0.469. The first-order valence-corrected chi connectivity index (χ1v) is 4.66. The van der Waals surface area contributed by atoms with Crippen LogP contribution in [0.5, 0.6) is 0 Å². The van der Waals surface area contributed by atoms with E-state index in [0.29, 0.717) is 0 Å². The zero-order chi connectivity index (χ0) is 12.9. The lowest BCUT2D eigenvalue weighted by atomic mass is 10.2. The Kier molecular flexibility index (Phi) is 5.94. The van der Waals surface area contributed by atoms with Gasteiger partial charge in [0.25, 0.3) is 0 Å². The Labute approximate surface area is 92.3 Å². The van der Waals surface area contributed by atoms with Crippen molar-refractivity contribution >= 4 is 11.9 Å². The summed E-state index contributed by atoms with van der Waals surface area (Å²) in [6.07, 6.45) is -1.56. The molecule has 1 saturated heterocycles. The number of carboxylic acid groups (broad SMARTS) is 2. The van der Waals surface area contributed by atoms with Gasteiger partial charge in [-0.2, -0.15) is 0 Å². The van der Waals surface area contributed by atoms with Gasteiger partial charge in [-0.25, -0.2) is 0 Å². The lowest BCUT2D eigenvalue weighted by molar-refractivity contribution is -0.330. The fraction of sp³-hybridized carbons (Fsp3) is 0.778. The second-order valence-corrected chi connectivity index (χ2v) is 3.46. The molecule has 2 N–H and O–H groups in total. The smallest absolute Gasteiger partial charge is 0.108 e. The molecule has 0 saturated carbocycles. The summed E-state index contributed by atoms with van der Waals surface area (Å²) in [5.41, 5.74) is 0. The summed E-state index contributed by atoms with van der Waals surface area (Å²) in [5, 5.41) is 36.9. The van der Waals surface area contributed by atoms with Crippen LogP contribution >= 0.6 is 0 Å². The summed E-state index contributed by atoms with van der Waals surface area (Å²) in [5.74, 6) is -4.76.